The number of furan rings is 1. The van der Waals surface area contributed by atoms with Crippen LogP contribution in [0.15, 0.2) is 47.1 Å². The van der Waals surface area contributed by atoms with E-state index >= 15 is 0 Å². The number of carboxylic acid groups (broad SMARTS) is 1. The van der Waals surface area contributed by atoms with Gasteiger partial charge in [-0.3, -0.25) is 0 Å². The van der Waals surface area contributed by atoms with Crippen molar-refractivity contribution in [3.8, 4) is 11.7 Å². The molecule has 1 heterocycles. The van der Waals surface area contributed by atoms with Crippen LogP contribution in [0.2, 0.25) is 0 Å². The Morgan fingerprint density at radius 1 is 1.20 bits per heavy atom. The van der Waals surface area contributed by atoms with Gasteiger partial charge in [-0.1, -0.05) is 18.2 Å². The first-order chi connectivity index (χ1) is 7.27. The minimum atomic E-state index is -1.07. The number of carboxylic acids is 1. The van der Waals surface area contributed by atoms with E-state index in [1.165, 1.54) is 12.3 Å². The molecule has 0 saturated carbocycles. The van der Waals surface area contributed by atoms with Crippen LogP contribution in [0.5, 0.6) is 11.7 Å². The Labute approximate surface area is 85.7 Å². The summed E-state index contributed by atoms with van der Waals surface area (Å²) in [5.41, 5.74) is 0.0128. The van der Waals surface area contributed by atoms with Gasteiger partial charge in [-0.15, -0.1) is 0 Å². The smallest absolute Gasteiger partial charge is 0.343 e. The molecule has 0 aliphatic heterocycles. The molecule has 0 fully saturated rings. The molecule has 0 unspecified atom stereocenters. The van der Waals surface area contributed by atoms with Crippen molar-refractivity contribution in [1.29, 1.82) is 0 Å². The van der Waals surface area contributed by atoms with E-state index < -0.39 is 5.97 Å². The summed E-state index contributed by atoms with van der Waals surface area (Å²) in [6, 6.07) is 10.2. The minimum Gasteiger partial charge on any atom is -0.477 e. The SMILES string of the molecule is O=C(O)c1ccoc1Oc1ccccc1. The zero-order chi connectivity index (χ0) is 10.7. The van der Waals surface area contributed by atoms with Gasteiger partial charge < -0.3 is 14.3 Å². The number of rotatable bonds is 3. The highest BCUT2D eigenvalue weighted by Crippen LogP contribution is 2.25. The van der Waals surface area contributed by atoms with Gasteiger partial charge in [0.15, 0.2) is 0 Å². The van der Waals surface area contributed by atoms with Crippen molar-refractivity contribution in [3.05, 3.63) is 48.2 Å². The summed E-state index contributed by atoms with van der Waals surface area (Å²) in [5.74, 6) is -0.543. The Hall–Kier alpha value is -2.23. The Kier molecular flexibility index (Phi) is 2.41. The summed E-state index contributed by atoms with van der Waals surface area (Å²) in [7, 11) is 0. The zero-order valence-electron chi connectivity index (χ0n) is 7.71. The van der Waals surface area contributed by atoms with E-state index in [1.54, 1.807) is 24.3 Å². The molecule has 0 radical (unpaired) electrons. The van der Waals surface area contributed by atoms with Crippen molar-refractivity contribution < 1.29 is 19.1 Å². The van der Waals surface area contributed by atoms with Crippen LogP contribution in [0.3, 0.4) is 0 Å². The number of benzene rings is 1. The first-order valence-corrected chi connectivity index (χ1v) is 4.31. The fourth-order valence-corrected chi connectivity index (χ4v) is 1.13. The lowest BCUT2D eigenvalue weighted by molar-refractivity contribution is 0.0692. The maximum Gasteiger partial charge on any atom is 0.343 e. The van der Waals surface area contributed by atoms with E-state index in [2.05, 4.69) is 0 Å². The highest BCUT2D eigenvalue weighted by molar-refractivity contribution is 5.89. The van der Waals surface area contributed by atoms with Crippen molar-refractivity contribution in [2.45, 2.75) is 0 Å². The average molecular weight is 204 g/mol. The summed E-state index contributed by atoms with van der Waals surface area (Å²) in [6.07, 6.45) is 1.28. The van der Waals surface area contributed by atoms with Crippen LogP contribution in [-0.4, -0.2) is 11.1 Å². The Balaban J connectivity index is 2.25. The lowest BCUT2D eigenvalue weighted by Crippen LogP contribution is -1.96. The molecule has 15 heavy (non-hydrogen) atoms. The fourth-order valence-electron chi connectivity index (χ4n) is 1.13. The number of hydrogen-bond donors (Lipinski definition) is 1. The van der Waals surface area contributed by atoms with Gasteiger partial charge in [-0.2, -0.15) is 0 Å². The zero-order valence-corrected chi connectivity index (χ0v) is 7.71. The van der Waals surface area contributed by atoms with Gasteiger partial charge >= 0.3 is 11.9 Å². The normalized spacial score (nSPS) is 9.87. The average Bonchev–Trinajstić information content (AvgIpc) is 2.67. The summed E-state index contributed by atoms with van der Waals surface area (Å²) in [6.45, 7) is 0. The second kappa shape index (κ2) is 3.88. The highest BCUT2D eigenvalue weighted by Gasteiger charge is 2.15. The number of aromatic carboxylic acids is 1. The number of ether oxygens (including phenoxy) is 1. The molecule has 0 atom stereocenters. The van der Waals surface area contributed by atoms with Crippen molar-refractivity contribution in [2.75, 3.05) is 0 Å². The van der Waals surface area contributed by atoms with E-state index in [-0.39, 0.29) is 11.5 Å². The maximum atomic E-state index is 10.7. The Morgan fingerprint density at radius 2 is 1.93 bits per heavy atom. The first-order valence-electron chi connectivity index (χ1n) is 4.31. The van der Waals surface area contributed by atoms with Crippen LogP contribution in [0.4, 0.5) is 0 Å². The summed E-state index contributed by atoms with van der Waals surface area (Å²) in [5, 5.41) is 8.79. The third kappa shape index (κ3) is 1.99. The van der Waals surface area contributed by atoms with E-state index in [9.17, 15) is 4.79 Å². The lowest BCUT2D eigenvalue weighted by Gasteiger charge is -2.01. The summed E-state index contributed by atoms with van der Waals surface area (Å²) < 4.78 is 10.2. The standard InChI is InChI=1S/C11H8O4/c12-10(13)9-6-7-14-11(9)15-8-4-2-1-3-5-8/h1-7H,(H,12,13). The van der Waals surface area contributed by atoms with Crippen molar-refractivity contribution in [3.63, 3.8) is 0 Å². The van der Waals surface area contributed by atoms with Crippen molar-refractivity contribution in [1.82, 2.24) is 0 Å². The molecule has 0 spiro atoms. The molecule has 4 heteroatoms. The third-order valence-electron chi connectivity index (χ3n) is 1.81. The van der Waals surface area contributed by atoms with Crippen LogP contribution in [-0.2, 0) is 0 Å². The van der Waals surface area contributed by atoms with Gasteiger partial charge in [0.2, 0.25) is 0 Å². The molecular weight excluding hydrogens is 196 g/mol. The molecule has 1 aromatic carbocycles. The molecule has 0 bridgehead atoms. The summed E-state index contributed by atoms with van der Waals surface area (Å²) in [4.78, 5) is 10.7. The molecule has 1 N–H and O–H groups in total. The lowest BCUT2D eigenvalue weighted by atomic mass is 10.3. The molecule has 0 amide bonds. The maximum absolute atomic E-state index is 10.7. The Bertz CT molecular complexity index is 458. The second-order valence-corrected chi connectivity index (χ2v) is 2.84. The first kappa shape index (κ1) is 9.33. The molecule has 76 valence electrons. The molecular formula is C11H8O4. The second-order valence-electron chi connectivity index (χ2n) is 2.84. The summed E-state index contributed by atoms with van der Waals surface area (Å²) >= 11 is 0. The molecule has 2 rings (SSSR count). The van der Waals surface area contributed by atoms with Crippen molar-refractivity contribution >= 4 is 5.97 Å². The molecule has 0 aliphatic rings. The Morgan fingerprint density at radius 3 is 2.60 bits per heavy atom. The van der Waals surface area contributed by atoms with Crippen molar-refractivity contribution in [2.24, 2.45) is 0 Å². The van der Waals surface area contributed by atoms with Gasteiger partial charge in [0.1, 0.15) is 11.3 Å². The fraction of sp³-hybridized carbons (Fsp3) is 0. The third-order valence-corrected chi connectivity index (χ3v) is 1.81. The monoisotopic (exact) mass is 204 g/mol. The van der Waals surface area contributed by atoms with Crippen LogP contribution < -0.4 is 4.74 Å². The van der Waals surface area contributed by atoms with Gasteiger partial charge in [-0.05, 0) is 18.2 Å². The predicted molar refractivity (Wildman–Crippen MR) is 52.2 cm³/mol. The number of carbonyl (C=O) groups is 1. The van der Waals surface area contributed by atoms with Crippen LogP contribution in [0.1, 0.15) is 10.4 Å². The minimum absolute atomic E-state index is 0.00583. The number of para-hydroxylation sites is 1. The largest absolute Gasteiger partial charge is 0.477 e. The van der Waals surface area contributed by atoms with E-state index in [0.717, 1.165) is 0 Å². The van der Waals surface area contributed by atoms with Crippen LogP contribution in [0, 0.1) is 0 Å². The highest BCUT2D eigenvalue weighted by atomic mass is 16.6. The molecule has 1 aromatic heterocycles. The van der Waals surface area contributed by atoms with E-state index in [1.807, 2.05) is 6.07 Å². The van der Waals surface area contributed by atoms with E-state index in [4.69, 9.17) is 14.3 Å². The number of hydrogen-bond acceptors (Lipinski definition) is 3. The van der Waals surface area contributed by atoms with Crippen LogP contribution in [0.25, 0.3) is 0 Å². The van der Waals surface area contributed by atoms with Crippen LogP contribution >= 0.6 is 0 Å². The van der Waals surface area contributed by atoms with Gasteiger partial charge in [0.05, 0.1) is 6.26 Å². The molecule has 2 aromatic rings. The molecule has 0 aliphatic carbocycles. The topological polar surface area (TPSA) is 59.7 Å². The van der Waals surface area contributed by atoms with E-state index in [0.29, 0.717) is 5.75 Å². The molecule has 0 saturated heterocycles. The van der Waals surface area contributed by atoms with Gasteiger partial charge in [0.25, 0.3) is 0 Å². The van der Waals surface area contributed by atoms with Gasteiger partial charge in [-0.25, -0.2) is 4.79 Å². The predicted octanol–water partition coefficient (Wildman–Crippen LogP) is 2.77. The quantitative estimate of drug-likeness (QED) is 0.835. The molecule has 4 nitrogen and oxygen atoms in total. The van der Waals surface area contributed by atoms with Gasteiger partial charge in [0, 0.05) is 0 Å².